The molecule has 0 bridgehead atoms. The van der Waals surface area contributed by atoms with Crippen LogP contribution in [-0.2, 0) is 9.59 Å². The third-order valence-corrected chi connectivity index (χ3v) is 6.04. The maximum absolute atomic E-state index is 13.4. The molecule has 162 valence electrons. The van der Waals surface area contributed by atoms with Crippen LogP contribution in [0.2, 0.25) is 0 Å². The summed E-state index contributed by atoms with van der Waals surface area (Å²) in [5.41, 5.74) is 1.11. The van der Waals surface area contributed by atoms with E-state index in [9.17, 15) is 14.4 Å². The Labute approximate surface area is 181 Å². The van der Waals surface area contributed by atoms with Crippen molar-refractivity contribution in [3.8, 4) is 5.75 Å². The van der Waals surface area contributed by atoms with Crippen LogP contribution in [0.5, 0.6) is 5.75 Å². The van der Waals surface area contributed by atoms with Crippen molar-refractivity contribution in [2.24, 2.45) is 0 Å². The molecule has 2 aliphatic rings. The smallest absolute Gasteiger partial charge is 0.254 e. The van der Waals surface area contributed by atoms with E-state index in [0.29, 0.717) is 17.0 Å². The number of fused-ring (bicyclic) bond motifs is 1. The van der Waals surface area contributed by atoms with Gasteiger partial charge in [0.25, 0.3) is 5.91 Å². The normalized spacial score (nSPS) is 22.8. The van der Waals surface area contributed by atoms with E-state index in [0.717, 1.165) is 25.7 Å². The van der Waals surface area contributed by atoms with E-state index in [-0.39, 0.29) is 36.2 Å². The van der Waals surface area contributed by atoms with Crippen LogP contribution in [0.3, 0.4) is 0 Å². The fourth-order valence-corrected chi connectivity index (χ4v) is 4.55. The highest BCUT2D eigenvalue weighted by Gasteiger charge is 2.46. The average Bonchev–Trinajstić information content (AvgIpc) is 2.80. The van der Waals surface area contributed by atoms with Gasteiger partial charge in [0.05, 0.1) is 19.6 Å². The number of amides is 3. The quantitative estimate of drug-likeness (QED) is 0.777. The van der Waals surface area contributed by atoms with Gasteiger partial charge in [-0.15, -0.1) is 0 Å². The number of piperazine rings is 1. The molecule has 0 spiro atoms. The predicted molar refractivity (Wildman–Crippen MR) is 117 cm³/mol. The molecule has 4 rings (SSSR count). The number of hydrogen-bond donors (Lipinski definition) is 2. The van der Waals surface area contributed by atoms with Crippen molar-refractivity contribution in [1.82, 2.24) is 10.2 Å². The standard InChI is InChI=1S/C24H27N3O4/c1-31-18-11-7-10-17(14-18)25-22(28)15-21-23(29)26-19-12-5-6-13-20(19)27(21)24(30)16-8-3-2-4-9-16/h2-4,7-11,14,19-21H,5-6,12-13,15H2,1H3,(H,25,28)(H,26,29)/t19-,20-,21-/m0/s1. The van der Waals surface area contributed by atoms with E-state index in [1.165, 1.54) is 0 Å². The van der Waals surface area contributed by atoms with Gasteiger partial charge in [-0.2, -0.15) is 0 Å². The number of carbonyl (C=O) groups excluding carboxylic acids is 3. The Morgan fingerprint density at radius 2 is 1.87 bits per heavy atom. The van der Waals surface area contributed by atoms with Gasteiger partial charge in [0.15, 0.2) is 0 Å². The summed E-state index contributed by atoms with van der Waals surface area (Å²) in [6.45, 7) is 0. The first-order valence-corrected chi connectivity index (χ1v) is 10.7. The van der Waals surface area contributed by atoms with Crippen LogP contribution in [0.15, 0.2) is 54.6 Å². The number of hydrogen-bond acceptors (Lipinski definition) is 4. The van der Waals surface area contributed by atoms with E-state index in [1.54, 1.807) is 60.5 Å². The SMILES string of the molecule is COc1cccc(NC(=O)C[C@H]2C(=O)N[C@H]3CCCC[C@@H]3N2C(=O)c2ccccc2)c1. The molecule has 7 nitrogen and oxygen atoms in total. The van der Waals surface area contributed by atoms with Crippen LogP contribution in [0.25, 0.3) is 0 Å². The van der Waals surface area contributed by atoms with E-state index < -0.39 is 6.04 Å². The summed E-state index contributed by atoms with van der Waals surface area (Å²) in [6, 6.07) is 15.0. The lowest BCUT2D eigenvalue weighted by molar-refractivity contribution is -0.135. The minimum absolute atomic E-state index is 0.0633. The fraction of sp³-hybridized carbons (Fsp3) is 0.375. The second kappa shape index (κ2) is 9.20. The lowest BCUT2D eigenvalue weighted by atomic mass is 9.84. The predicted octanol–water partition coefficient (Wildman–Crippen LogP) is 2.98. The maximum Gasteiger partial charge on any atom is 0.254 e. The summed E-state index contributed by atoms with van der Waals surface area (Å²) < 4.78 is 5.19. The molecule has 1 saturated heterocycles. The lowest BCUT2D eigenvalue weighted by Crippen LogP contribution is -2.68. The zero-order chi connectivity index (χ0) is 21.8. The number of benzene rings is 2. The fourth-order valence-electron chi connectivity index (χ4n) is 4.55. The maximum atomic E-state index is 13.4. The minimum Gasteiger partial charge on any atom is -0.497 e. The van der Waals surface area contributed by atoms with Gasteiger partial charge in [0.1, 0.15) is 11.8 Å². The summed E-state index contributed by atoms with van der Waals surface area (Å²) in [5, 5.41) is 5.88. The molecule has 2 aromatic rings. The van der Waals surface area contributed by atoms with Gasteiger partial charge in [0, 0.05) is 23.4 Å². The molecule has 1 aliphatic heterocycles. The molecule has 3 amide bonds. The Kier molecular flexibility index (Phi) is 6.21. The van der Waals surface area contributed by atoms with E-state index >= 15 is 0 Å². The molecule has 31 heavy (non-hydrogen) atoms. The Morgan fingerprint density at radius 3 is 2.65 bits per heavy atom. The van der Waals surface area contributed by atoms with E-state index in [1.807, 2.05) is 6.07 Å². The summed E-state index contributed by atoms with van der Waals surface area (Å²) in [4.78, 5) is 40.9. The van der Waals surface area contributed by atoms with Crippen molar-refractivity contribution in [2.75, 3.05) is 12.4 Å². The molecule has 2 aromatic carbocycles. The number of nitrogens with zero attached hydrogens (tertiary/aromatic N) is 1. The molecule has 7 heteroatoms. The minimum atomic E-state index is -0.849. The highest BCUT2D eigenvalue weighted by molar-refractivity contribution is 6.01. The highest BCUT2D eigenvalue weighted by Crippen LogP contribution is 2.31. The van der Waals surface area contributed by atoms with Crippen LogP contribution in [0.4, 0.5) is 5.69 Å². The van der Waals surface area contributed by atoms with E-state index in [2.05, 4.69) is 10.6 Å². The van der Waals surface area contributed by atoms with Crippen molar-refractivity contribution in [3.63, 3.8) is 0 Å². The molecule has 0 aromatic heterocycles. The van der Waals surface area contributed by atoms with Gasteiger partial charge in [0.2, 0.25) is 11.8 Å². The molecule has 0 unspecified atom stereocenters. The van der Waals surface area contributed by atoms with Crippen molar-refractivity contribution in [1.29, 1.82) is 0 Å². The zero-order valence-electron chi connectivity index (χ0n) is 17.5. The summed E-state index contributed by atoms with van der Waals surface area (Å²) >= 11 is 0. The summed E-state index contributed by atoms with van der Waals surface area (Å²) in [6.07, 6.45) is 3.58. The molecule has 1 heterocycles. The number of nitrogens with one attached hydrogen (secondary N) is 2. The second-order valence-electron chi connectivity index (χ2n) is 8.05. The molecule has 2 fully saturated rings. The van der Waals surface area contributed by atoms with Crippen LogP contribution < -0.4 is 15.4 Å². The molecular weight excluding hydrogens is 394 g/mol. The van der Waals surface area contributed by atoms with Crippen molar-refractivity contribution in [2.45, 2.75) is 50.2 Å². The van der Waals surface area contributed by atoms with Gasteiger partial charge in [-0.25, -0.2) is 0 Å². The second-order valence-corrected chi connectivity index (χ2v) is 8.05. The Bertz CT molecular complexity index is 962. The molecular formula is C24H27N3O4. The first-order chi connectivity index (χ1) is 15.1. The lowest BCUT2D eigenvalue weighted by Gasteiger charge is -2.48. The number of rotatable bonds is 5. The Balaban J connectivity index is 1.57. The third kappa shape index (κ3) is 4.55. The van der Waals surface area contributed by atoms with Crippen molar-refractivity contribution in [3.05, 3.63) is 60.2 Å². The van der Waals surface area contributed by atoms with Gasteiger partial charge in [-0.1, -0.05) is 37.1 Å². The van der Waals surface area contributed by atoms with Gasteiger partial charge < -0.3 is 20.3 Å². The highest BCUT2D eigenvalue weighted by atomic mass is 16.5. The Hall–Kier alpha value is -3.35. The van der Waals surface area contributed by atoms with Crippen LogP contribution in [0.1, 0.15) is 42.5 Å². The molecule has 0 radical (unpaired) electrons. The topological polar surface area (TPSA) is 87.7 Å². The van der Waals surface area contributed by atoms with Crippen LogP contribution in [0, 0.1) is 0 Å². The average molecular weight is 421 g/mol. The number of methoxy groups -OCH3 is 1. The van der Waals surface area contributed by atoms with Gasteiger partial charge in [-0.05, 0) is 37.1 Å². The molecule has 2 N–H and O–H groups in total. The number of ether oxygens (including phenoxy) is 1. The monoisotopic (exact) mass is 421 g/mol. The molecule has 3 atom stereocenters. The first kappa shape index (κ1) is 20.9. The largest absolute Gasteiger partial charge is 0.497 e. The first-order valence-electron chi connectivity index (χ1n) is 10.7. The zero-order valence-corrected chi connectivity index (χ0v) is 17.5. The Morgan fingerprint density at radius 1 is 1.10 bits per heavy atom. The van der Waals surface area contributed by atoms with Crippen LogP contribution in [-0.4, -0.2) is 47.9 Å². The molecule has 1 aliphatic carbocycles. The third-order valence-electron chi connectivity index (χ3n) is 6.04. The summed E-state index contributed by atoms with van der Waals surface area (Å²) in [5.74, 6) is -0.174. The van der Waals surface area contributed by atoms with Crippen LogP contribution >= 0.6 is 0 Å². The van der Waals surface area contributed by atoms with Crippen molar-refractivity contribution < 1.29 is 19.1 Å². The van der Waals surface area contributed by atoms with Gasteiger partial charge >= 0.3 is 0 Å². The number of carbonyl (C=O) groups is 3. The summed E-state index contributed by atoms with van der Waals surface area (Å²) in [7, 11) is 1.56. The number of anilines is 1. The van der Waals surface area contributed by atoms with Gasteiger partial charge in [-0.3, -0.25) is 14.4 Å². The van der Waals surface area contributed by atoms with Crippen molar-refractivity contribution >= 4 is 23.4 Å². The molecule has 1 saturated carbocycles. The van der Waals surface area contributed by atoms with E-state index in [4.69, 9.17) is 4.74 Å².